The summed E-state index contributed by atoms with van der Waals surface area (Å²) in [5, 5.41) is 21.3. The van der Waals surface area contributed by atoms with Crippen molar-refractivity contribution in [2.24, 2.45) is 17.0 Å². The lowest BCUT2D eigenvalue weighted by Gasteiger charge is -2.10. The summed E-state index contributed by atoms with van der Waals surface area (Å²) in [5.41, 5.74) is 2.88. The Labute approximate surface area is 262 Å². The van der Waals surface area contributed by atoms with Crippen molar-refractivity contribution >= 4 is 27.3 Å². The van der Waals surface area contributed by atoms with Gasteiger partial charge in [0.2, 0.25) is 15.2 Å². The largest absolute Gasteiger partial charge is 0.482 e. The van der Waals surface area contributed by atoms with Gasteiger partial charge in [0.1, 0.15) is 22.6 Å². The second-order valence-corrected chi connectivity index (χ2v) is 13.7. The predicted molar refractivity (Wildman–Crippen MR) is 163 cm³/mol. The van der Waals surface area contributed by atoms with E-state index in [1.165, 1.54) is 17.5 Å². The van der Waals surface area contributed by atoms with Gasteiger partial charge in [0, 0.05) is 28.8 Å². The molecule has 0 radical (unpaired) electrons. The highest BCUT2D eigenvalue weighted by Crippen LogP contribution is 2.38. The smallest absolute Gasteiger partial charge is 0.355 e. The SMILES string of the molecule is CC1C=C(C#Cc2cc(-c3nn(-c4nc(C(=O)O)cs4)c(CC4CC4)c3Cc3ccc(S(N)(=O)=O)c(F)c3)ccc2F)OC1C. The number of halogens is 2. The van der Waals surface area contributed by atoms with E-state index in [1.54, 1.807) is 16.8 Å². The fourth-order valence-corrected chi connectivity index (χ4v) is 6.47. The van der Waals surface area contributed by atoms with Gasteiger partial charge in [-0.05, 0) is 80.0 Å². The van der Waals surface area contributed by atoms with Crippen molar-refractivity contribution in [3.8, 4) is 28.2 Å². The molecule has 0 spiro atoms. The number of ether oxygens (including phenoxy) is 1. The standard InChI is InChI=1S/C32H28F2N4O5S2/c1-17-11-23(43-18(17)2)8-6-21-15-22(7-9-25(21)33)30-24(12-20-5-10-29(26(34)13-20)45(35,41)42)28(14-19-3-4-19)38(37-30)32-36-27(16-44-32)31(39)40/h5,7,9-11,13,15-19H,3-4,12,14H2,1-2H3,(H,39,40)(H2,35,41,42). The number of aromatic carboxylic acids is 1. The maximum atomic E-state index is 15.0. The van der Waals surface area contributed by atoms with Crippen LogP contribution in [0.1, 0.15) is 59.6 Å². The van der Waals surface area contributed by atoms with E-state index in [4.69, 9.17) is 15.0 Å². The van der Waals surface area contributed by atoms with Gasteiger partial charge in [-0.25, -0.2) is 36.8 Å². The maximum Gasteiger partial charge on any atom is 0.355 e. The lowest BCUT2D eigenvalue weighted by atomic mass is 9.96. The van der Waals surface area contributed by atoms with Gasteiger partial charge in [-0.1, -0.05) is 18.9 Å². The first-order valence-electron chi connectivity index (χ1n) is 14.2. The number of carboxylic acids is 1. The molecule has 0 saturated heterocycles. The summed E-state index contributed by atoms with van der Waals surface area (Å²) in [7, 11) is -4.26. The van der Waals surface area contributed by atoms with Crippen LogP contribution in [-0.2, 0) is 27.6 Å². The summed E-state index contributed by atoms with van der Waals surface area (Å²) < 4.78 is 60.8. The zero-order valence-corrected chi connectivity index (χ0v) is 25.9. The topological polar surface area (TPSA) is 137 Å². The van der Waals surface area contributed by atoms with E-state index in [2.05, 4.69) is 16.8 Å². The molecule has 2 atom stereocenters. The molecule has 1 fully saturated rings. The minimum absolute atomic E-state index is 0.0294. The van der Waals surface area contributed by atoms with E-state index in [0.29, 0.717) is 45.6 Å². The highest BCUT2D eigenvalue weighted by atomic mass is 32.2. The maximum absolute atomic E-state index is 15.0. The molecule has 3 heterocycles. The van der Waals surface area contributed by atoms with Gasteiger partial charge in [0.25, 0.3) is 0 Å². The first-order chi connectivity index (χ1) is 21.4. The van der Waals surface area contributed by atoms with Crippen LogP contribution in [0, 0.1) is 35.3 Å². The monoisotopic (exact) mass is 650 g/mol. The molecule has 232 valence electrons. The number of carboxylic acid groups (broad SMARTS) is 1. The van der Waals surface area contributed by atoms with Crippen LogP contribution >= 0.6 is 11.3 Å². The van der Waals surface area contributed by atoms with E-state index in [9.17, 15) is 27.1 Å². The Morgan fingerprint density at radius 2 is 1.93 bits per heavy atom. The zero-order chi connectivity index (χ0) is 32.0. The summed E-state index contributed by atoms with van der Waals surface area (Å²) in [4.78, 5) is 15.3. The number of hydrogen-bond donors (Lipinski definition) is 2. The van der Waals surface area contributed by atoms with E-state index < -0.39 is 32.5 Å². The molecule has 1 aliphatic heterocycles. The first kappa shape index (κ1) is 30.6. The van der Waals surface area contributed by atoms with Crippen LogP contribution in [0.2, 0.25) is 0 Å². The molecule has 3 N–H and O–H groups in total. The number of nitrogens with zero attached hydrogens (tertiary/aromatic N) is 3. The van der Waals surface area contributed by atoms with Crippen LogP contribution in [0.3, 0.4) is 0 Å². The summed E-state index contributed by atoms with van der Waals surface area (Å²) in [6.45, 7) is 3.94. The molecular formula is C32H28F2N4O5S2. The number of sulfonamides is 1. The summed E-state index contributed by atoms with van der Waals surface area (Å²) in [5.74, 6) is 4.10. The molecule has 2 aromatic carbocycles. The van der Waals surface area contributed by atoms with Crippen LogP contribution in [0.5, 0.6) is 0 Å². The Balaban J connectivity index is 1.49. The summed E-state index contributed by atoms with van der Waals surface area (Å²) in [6, 6.07) is 8.17. The van der Waals surface area contributed by atoms with Crippen molar-refractivity contribution in [3.05, 3.63) is 93.3 Å². The van der Waals surface area contributed by atoms with Gasteiger partial charge in [-0.15, -0.1) is 11.3 Å². The Morgan fingerprint density at radius 3 is 2.56 bits per heavy atom. The highest BCUT2D eigenvalue weighted by Gasteiger charge is 2.30. The molecule has 9 nitrogen and oxygen atoms in total. The fraction of sp³-hybridized carbons (Fsp3) is 0.281. The lowest BCUT2D eigenvalue weighted by molar-refractivity contribution is 0.0691. The Kier molecular flexibility index (Phi) is 8.07. The zero-order valence-electron chi connectivity index (χ0n) is 24.3. The predicted octanol–water partition coefficient (Wildman–Crippen LogP) is 5.45. The molecular weight excluding hydrogens is 623 g/mol. The molecule has 4 aromatic rings. The van der Waals surface area contributed by atoms with Crippen molar-refractivity contribution in [1.29, 1.82) is 0 Å². The van der Waals surface area contributed by atoms with Crippen molar-refractivity contribution in [1.82, 2.24) is 14.8 Å². The molecule has 0 amide bonds. The van der Waals surface area contributed by atoms with Gasteiger partial charge in [-0.2, -0.15) is 5.10 Å². The van der Waals surface area contributed by atoms with Gasteiger partial charge >= 0.3 is 5.97 Å². The van der Waals surface area contributed by atoms with Gasteiger partial charge in [0.05, 0.1) is 17.0 Å². The van der Waals surface area contributed by atoms with E-state index in [0.717, 1.165) is 42.0 Å². The second-order valence-electron chi connectivity index (χ2n) is 11.3. The number of allylic oxidation sites excluding steroid dienone is 1. The van der Waals surface area contributed by atoms with Gasteiger partial charge in [-0.3, -0.25) is 0 Å². The van der Waals surface area contributed by atoms with Crippen molar-refractivity contribution in [2.75, 3.05) is 0 Å². The number of thiazole rings is 1. The number of hydrogen-bond acceptors (Lipinski definition) is 7. The fourth-order valence-electron chi connectivity index (χ4n) is 5.10. The minimum atomic E-state index is -4.26. The molecule has 45 heavy (non-hydrogen) atoms. The van der Waals surface area contributed by atoms with Crippen molar-refractivity contribution in [2.45, 2.75) is 50.5 Å². The lowest BCUT2D eigenvalue weighted by Crippen LogP contribution is -2.14. The number of primary sulfonamides is 1. The van der Waals surface area contributed by atoms with Gasteiger partial charge in [0.15, 0.2) is 11.5 Å². The van der Waals surface area contributed by atoms with Crippen LogP contribution in [0.15, 0.2) is 58.5 Å². The number of rotatable bonds is 8. The molecule has 2 aromatic heterocycles. The Hall–Kier alpha value is -4.38. The molecule has 1 saturated carbocycles. The second kappa shape index (κ2) is 11.8. The average molecular weight is 651 g/mol. The molecule has 6 rings (SSSR count). The van der Waals surface area contributed by atoms with Crippen LogP contribution in [0.4, 0.5) is 8.78 Å². The molecule has 1 aliphatic carbocycles. The van der Waals surface area contributed by atoms with Crippen LogP contribution in [0.25, 0.3) is 16.4 Å². The molecule has 2 aliphatic rings. The summed E-state index contributed by atoms with van der Waals surface area (Å²) in [6.07, 6.45) is 4.60. The third kappa shape index (κ3) is 6.54. The van der Waals surface area contributed by atoms with Crippen molar-refractivity contribution < 1.29 is 31.8 Å². The van der Waals surface area contributed by atoms with E-state index in [-0.39, 0.29) is 29.7 Å². The average Bonchev–Trinajstić information content (AvgIpc) is 3.37. The van der Waals surface area contributed by atoms with Crippen LogP contribution in [-0.4, -0.2) is 40.4 Å². The molecule has 13 heteroatoms. The van der Waals surface area contributed by atoms with Crippen molar-refractivity contribution in [3.63, 3.8) is 0 Å². The normalized spacial score (nSPS) is 17.8. The first-order valence-corrected chi connectivity index (χ1v) is 16.6. The number of nitrogens with two attached hydrogens (primary N) is 1. The van der Waals surface area contributed by atoms with Gasteiger partial charge < -0.3 is 9.84 Å². The number of benzene rings is 2. The number of carbonyl (C=O) groups is 1. The quantitative estimate of drug-likeness (QED) is 0.242. The van der Waals surface area contributed by atoms with Crippen LogP contribution < -0.4 is 5.14 Å². The molecule has 0 bridgehead atoms. The van der Waals surface area contributed by atoms with E-state index in [1.807, 2.05) is 19.9 Å². The highest BCUT2D eigenvalue weighted by molar-refractivity contribution is 7.89. The Morgan fingerprint density at radius 1 is 1.16 bits per heavy atom. The Bertz CT molecular complexity index is 2040. The number of aromatic nitrogens is 3. The minimum Gasteiger partial charge on any atom is -0.482 e. The third-order valence-electron chi connectivity index (χ3n) is 7.87. The molecule has 2 unspecified atom stereocenters. The summed E-state index contributed by atoms with van der Waals surface area (Å²) >= 11 is 1.12. The third-order valence-corrected chi connectivity index (χ3v) is 9.63. The van der Waals surface area contributed by atoms with E-state index >= 15 is 0 Å².